The quantitative estimate of drug-likeness (QED) is 0.627. The van der Waals surface area contributed by atoms with Crippen LogP contribution >= 0.6 is 12.4 Å². The molecule has 0 amide bonds. The number of halogens is 1. The van der Waals surface area contributed by atoms with E-state index in [4.69, 9.17) is 5.73 Å². The molecular formula is C13H13ClN2. The number of nitrogens with zero attached hydrogens (tertiary/aromatic N) is 1. The van der Waals surface area contributed by atoms with E-state index < -0.39 is 0 Å². The molecule has 0 saturated carbocycles. The number of benzene rings is 2. The van der Waals surface area contributed by atoms with Gasteiger partial charge in [0.1, 0.15) is 5.84 Å². The number of amidine groups is 1. The van der Waals surface area contributed by atoms with Gasteiger partial charge in [0.05, 0.1) is 5.69 Å². The first-order valence-corrected chi connectivity index (χ1v) is 4.81. The van der Waals surface area contributed by atoms with Crippen LogP contribution in [0.1, 0.15) is 5.56 Å². The van der Waals surface area contributed by atoms with E-state index in [1.54, 1.807) is 0 Å². The molecule has 3 heteroatoms. The second-order valence-electron chi connectivity index (χ2n) is 3.20. The lowest BCUT2D eigenvalue weighted by molar-refractivity contribution is 1.45. The summed E-state index contributed by atoms with van der Waals surface area (Å²) in [4.78, 5) is 4.32. The van der Waals surface area contributed by atoms with Gasteiger partial charge in [-0.3, -0.25) is 0 Å². The summed E-state index contributed by atoms with van der Waals surface area (Å²) >= 11 is 0. The van der Waals surface area contributed by atoms with Gasteiger partial charge in [-0.15, -0.1) is 12.4 Å². The fourth-order valence-electron chi connectivity index (χ4n) is 1.32. The molecule has 0 aromatic heterocycles. The van der Waals surface area contributed by atoms with E-state index in [2.05, 4.69) is 4.99 Å². The molecule has 0 bridgehead atoms. The standard InChI is InChI=1S/C13H12N2.ClH/c14-13(11-7-3-1-4-8-11)15-12-9-5-2-6-10-12;/h1-10H,(H2,14,15);1H. The minimum absolute atomic E-state index is 0. The van der Waals surface area contributed by atoms with Crippen LogP contribution in [0.25, 0.3) is 0 Å². The Hall–Kier alpha value is -1.80. The Balaban J connectivity index is 0.00000128. The summed E-state index contributed by atoms with van der Waals surface area (Å²) in [6.45, 7) is 0. The monoisotopic (exact) mass is 232 g/mol. The molecule has 2 aromatic rings. The van der Waals surface area contributed by atoms with Gasteiger partial charge in [-0.05, 0) is 12.1 Å². The molecule has 82 valence electrons. The molecule has 0 fully saturated rings. The lowest BCUT2D eigenvalue weighted by Gasteiger charge is -2.00. The van der Waals surface area contributed by atoms with E-state index >= 15 is 0 Å². The zero-order valence-electron chi connectivity index (χ0n) is 8.71. The summed E-state index contributed by atoms with van der Waals surface area (Å²) in [6, 6.07) is 19.4. The summed E-state index contributed by atoms with van der Waals surface area (Å²) in [7, 11) is 0. The fraction of sp³-hybridized carbons (Fsp3) is 0. The van der Waals surface area contributed by atoms with Gasteiger partial charge in [-0.25, -0.2) is 4.99 Å². The van der Waals surface area contributed by atoms with Gasteiger partial charge in [-0.2, -0.15) is 0 Å². The zero-order chi connectivity index (χ0) is 10.5. The van der Waals surface area contributed by atoms with Crippen molar-refractivity contribution in [2.24, 2.45) is 10.7 Å². The van der Waals surface area contributed by atoms with Gasteiger partial charge in [-0.1, -0.05) is 48.5 Å². The highest BCUT2D eigenvalue weighted by atomic mass is 35.5. The van der Waals surface area contributed by atoms with Crippen molar-refractivity contribution in [3.63, 3.8) is 0 Å². The van der Waals surface area contributed by atoms with Crippen molar-refractivity contribution in [1.29, 1.82) is 0 Å². The van der Waals surface area contributed by atoms with Gasteiger partial charge >= 0.3 is 0 Å². The smallest absolute Gasteiger partial charge is 0.131 e. The molecule has 0 radical (unpaired) electrons. The molecule has 2 rings (SSSR count). The van der Waals surface area contributed by atoms with Crippen molar-refractivity contribution in [3.05, 3.63) is 66.2 Å². The largest absolute Gasteiger partial charge is 0.383 e. The zero-order valence-corrected chi connectivity index (χ0v) is 9.52. The first kappa shape index (κ1) is 12.3. The maximum atomic E-state index is 5.88. The number of hydrogen-bond acceptors (Lipinski definition) is 1. The number of rotatable bonds is 2. The normalized spacial score (nSPS) is 10.6. The molecule has 0 aliphatic carbocycles. The molecule has 0 aliphatic rings. The van der Waals surface area contributed by atoms with Crippen LogP contribution in [-0.4, -0.2) is 5.84 Å². The molecule has 2 N–H and O–H groups in total. The van der Waals surface area contributed by atoms with Gasteiger partial charge in [0, 0.05) is 5.56 Å². The van der Waals surface area contributed by atoms with E-state index in [-0.39, 0.29) is 12.4 Å². The van der Waals surface area contributed by atoms with E-state index in [0.29, 0.717) is 5.84 Å². The number of aliphatic imine (C=N–C) groups is 1. The predicted octanol–water partition coefficient (Wildman–Crippen LogP) is 3.15. The molecule has 0 atom stereocenters. The first-order valence-electron chi connectivity index (χ1n) is 4.81. The summed E-state index contributed by atoms with van der Waals surface area (Å²) < 4.78 is 0. The Kier molecular flexibility index (Phi) is 4.55. The van der Waals surface area contributed by atoms with Crippen molar-refractivity contribution in [1.82, 2.24) is 0 Å². The SMILES string of the molecule is Cl.NC(=Nc1ccccc1)c1ccccc1. The van der Waals surface area contributed by atoms with Crippen molar-refractivity contribution in [2.75, 3.05) is 0 Å². The molecule has 16 heavy (non-hydrogen) atoms. The molecule has 0 spiro atoms. The maximum Gasteiger partial charge on any atom is 0.131 e. The highest BCUT2D eigenvalue weighted by Crippen LogP contribution is 2.11. The summed E-state index contributed by atoms with van der Waals surface area (Å²) in [5.74, 6) is 0.543. The molecule has 2 aromatic carbocycles. The highest BCUT2D eigenvalue weighted by Gasteiger charge is 1.96. The summed E-state index contributed by atoms with van der Waals surface area (Å²) in [5.41, 5.74) is 7.70. The first-order chi connectivity index (χ1) is 7.36. The topological polar surface area (TPSA) is 38.4 Å². The Morgan fingerprint density at radius 3 is 1.88 bits per heavy atom. The third kappa shape index (κ3) is 3.11. The lowest BCUT2D eigenvalue weighted by Crippen LogP contribution is -2.12. The van der Waals surface area contributed by atoms with Gasteiger partial charge in [0.2, 0.25) is 0 Å². The summed E-state index contributed by atoms with van der Waals surface area (Å²) in [5, 5.41) is 0. The van der Waals surface area contributed by atoms with Crippen LogP contribution in [0, 0.1) is 0 Å². The van der Waals surface area contributed by atoms with Gasteiger partial charge in [0.15, 0.2) is 0 Å². The molecule has 0 unspecified atom stereocenters. The van der Waals surface area contributed by atoms with Gasteiger partial charge in [0.25, 0.3) is 0 Å². The van der Waals surface area contributed by atoms with Crippen LogP contribution in [0.5, 0.6) is 0 Å². The molecule has 2 nitrogen and oxygen atoms in total. The average molecular weight is 233 g/mol. The third-order valence-corrected chi connectivity index (χ3v) is 2.08. The molecule has 0 aliphatic heterocycles. The highest BCUT2D eigenvalue weighted by molar-refractivity contribution is 5.98. The van der Waals surface area contributed by atoms with Crippen molar-refractivity contribution >= 4 is 23.9 Å². The second-order valence-corrected chi connectivity index (χ2v) is 3.20. The maximum absolute atomic E-state index is 5.88. The van der Waals surface area contributed by atoms with Crippen LogP contribution in [0.3, 0.4) is 0 Å². The van der Waals surface area contributed by atoms with Crippen molar-refractivity contribution < 1.29 is 0 Å². The van der Waals surface area contributed by atoms with Crippen molar-refractivity contribution in [3.8, 4) is 0 Å². The number of para-hydroxylation sites is 1. The van der Waals surface area contributed by atoms with Crippen LogP contribution in [0.2, 0.25) is 0 Å². The van der Waals surface area contributed by atoms with E-state index in [1.165, 1.54) is 0 Å². The Bertz CT molecular complexity index is 452. The van der Waals surface area contributed by atoms with Crippen LogP contribution in [0.4, 0.5) is 5.69 Å². The van der Waals surface area contributed by atoms with Gasteiger partial charge < -0.3 is 5.73 Å². The van der Waals surface area contributed by atoms with E-state index in [0.717, 1.165) is 11.3 Å². The van der Waals surface area contributed by atoms with Crippen LogP contribution in [-0.2, 0) is 0 Å². The van der Waals surface area contributed by atoms with E-state index in [9.17, 15) is 0 Å². The van der Waals surface area contributed by atoms with E-state index in [1.807, 2.05) is 60.7 Å². The average Bonchev–Trinajstić information content (AvgIpc) is 2.31. The lowest BCUT2D eigenvalue weighted by atomic mass is 10.2. The Morgan fingerprint density at radius 2 is 1.31 bits per heavy atom. The second kappa shape index (κ2) is 5.93. The minimum atomic E-state index is 0. The third-order valence-electron chi connectivity index (χ3n) is 2.08. The fourth-order valence-corrected chi connectivity index (χ4v) is 1.32. The van der Waals surface area contributed by atoms with Crippen LogP contribution < -0.4 is 5.73 Å². The number of hydrogen-bond donors (Lipinski definition) is 1. The molecular weight excluding hydrogens is 220 g/mol. The molecule has 0 saturated heterocycles. The summed E-state index contributed by atoms with van der Waals surface area (Å²) in [6.07, 6.45) is 0. The minimum Gasteiger partial charge on any atom is -0.383 e. The Labute approximate surface area is 101 Å². The van der Waals surface area contributed by atoms with Crippen molar-refractivity contribution in [2.45, 2.75) is 0 Å². The number of nitrogens with two attached hydrogens (primary N) is 1. The Morgan fingerprint density at radius 1 is 0.812 bits per heavy atom. The predicted molar refractivity (Wildman–Crippen MR) is 70.5 cm³/mol. The molecule has 0 heterocycles. The van der Waals surface area contributed by atoms with Crippen LogP contribution in [0.15, 0.2) is 65.7 Å².